The van der Waals surface area contributed by atoms with Crippen LogP contribution in [-0.4, -0.2) is 17.6 Å². The van der Waals surface area contributed by atoms with Crippen molar-refractivity contribution in [2.24, 2.45) is 0 Å². The van der Waals surface area contributed by atoms with Crippen molar-refractivity contribution in [3.8, 4) is 11.8 Å². The van der Waals surface area contributed by atoms with Gasteiger partial charge < -0.3 is 20.4 Å². The Kier molecular flexibility index (Phi) is 3.47. The van der Waals surface area contributed by atoms with Crippen LogP contribution in [-0.2, 0) is 13.0 Å². The van der Waals surface area contributed by atoms with Crippen LogP contribution in [0.3, 0.4) is 0 Å². The Morgan fingerprint density at radius 1 is 1.41 bits per heavy atom. The average Bonchev–Trinajstić information content (AvgIpc) is 3.07. The van der Waals surface area contributed by atoms with Gasteiger partial charge in [0.15, 0.2) is 0 Å². The van der Waals surface area contributed by atoms with Gasteiger partial charge in [0, 0.05) is 17.9 Å². The number of nitrogens with two attached hydrogens (primary N) is 1. The Hall–Kier alpha value is -2.94. The first-order valence-electron chi connectivity index (χ1n) is 7.02. The highest BCUT2D eigenvalue weighted by atomic mass is 16.5. The number of nitrogens with zero attached hydrogens (tertiary/aromatic N) is 2. The van der Waals surface area contributed by atoms with Crippen molar-refractivity contribution >= 4 is 17.3 Å². The molecule has 0 aliphatic carbocycles. The molecule has 0 unspecified atom stereocenters. The molecule has 0 fully saturated rings. The number of aromatic nitrogens is 1. The number of amides is 1. The molecular formula is C16H16N4O2. The van der Waals surface area contributed by atoms with E-state index >= 15 is 0 Å². The number of nitrogen functional groups attached to an aromatic ring is 1. The quantitative estimate of drug-likeness (QED) is 0.907. The van der Waals surface area contributed by atoms with E-state index in [0.29, 0.717) is 29.2 Å². The highest BCUT2D eigenvalue weighted by Crippen LogP contribution is 2.31. The van der Waals surface area contributed by atoms with E-state index in [4.69, 9.17) is 10.5 Å². The number of carbonyl (C=O) groups is 1. The Balaban J connectivity index is 1.91. The van der Waals surface area contributed by atoms with E-state index < -0.39 is 0 Å². The van der Waals surface area contributed by atoms with Crippen molar-refractivity contribution in [3.63, 3.8) is 0 Å². The molecule has 1 aromatic heterocycles. The summed E-state index contributed by atoms with van der Waals surface area (Å²) in [6.45, 7) is 0.715. The van der Waals surface area contributed by atoms with Crippen LogP contribution >= 0.6 is 0 Å². The highest BCUT2D eigenvalue weighted by Gasteiger charge is 2.28. The fourth-order valence-electron chi connectivity index (χ4n) is 2.83. The number of benzene rings is 1. The molecule has 6 heteroatoms. The molecule has 0 saturated heterocycles. The number of carbonyl (C=O) groups excluding carboxylic acids is 1. The lowest BCUT2D eigenvalue weighted by Gasteiger charge is -2.09. The smallest absolute Gasteiger partial charge is 0.274 e. The second-order valence-electron chi connectivity index (χ2n) is 5.13. The van der Waals surface area contributed by atoms with Gasteiger partial charge >= 0.3 is 0 Å². The minimum atomic E-state index is -0.299. The molecule has 0 radical (unpaired) electrons. The lowest BCUT2D eigenvalue weighted by atomic mass is 10.1. The van der Waals surface area contributed by atoms with E-state index in [2.05, 4.69) is 11.4 Å². The zero-order valence-corrected chi connectivity index (χ0v) is 12.2. The third-order valence-electron chi connectivity index (χ3n) is 3.88. The van der Waals surface area contributed by atoms with Crippen LogP contribution in [0.25, 0.3) is 0 Å². The Bertz CT molecular complexity index is 769. The number of ether oxygens (including phenoxy) is 1. The summed E-state index contributed by atoms with van der Waals surface area (Å²) in [5.41, 5.74) is 8.58. The van der Waals surface area contributed by atoms with E-state index in [-0.39, 0.29) is 11.6 Å². The van der Waals surface area contributed by atoms with Gasteiger partial charge in [-0.05, 0) is 37.1 Å². The van der Waals surface area contributed by atoms with Crippen LogP contribution in [0.4, 0.5) is 11.4 Å². The number of nitrogens with one attached hydrogen (secondary N) is 1. The predicted octanol–water partition coefficient (Wildman–Crippen LogP) is 2.15. The summed E-state index contributed by atoms with van der Waals surface area (Å²) in [6.07, 6.45) is 1.70. The van der Waals surface area contributed by atoms with Crippen LogP contribution in [0.5, 0.6) is 5.75 Å². The number of rotatable bonds is 3. The van der Waals surface area contributed by atoms with Crippen LogP contribution in [0.1, 0.15) is 28.2 Å². The second kappa shape index (κ2) is 5.45. The van der Waals surface area contributed by atoms with Gasteiger partial charge in [0.1, 0.15) is 17.5 Å². The molecule has 1 amide bonds. The van der Waals surface area contributed by atoms with Crippen molar-refractivity contribution in [3.05, 3.63) is 41.2 Å². The van der Waals surface area contributed by atoms with Gasteiger partial charge in [-0.1, -0.05) is 0 Å². The van der Waals surface area contributed by atoms with E-state index in [1.54, 1.807) is 31.4 Å². The molecule has 2 heterocycles. The fraction of sp³-hybridized carbons (Fsp3) is 0.250. The van der Waals surface area contributed by atoms with Crippen molar-refractivity contribution in [1.29, 1.82) is 5.26 Å². The number of hydrogen-bond donors (Lipinski definition) is 2. The molecule has 0 saturated carbocycles. The van der Waals surface area contributed by atoms with Gasteiger partial charge in [0.05, 0.1) is 18.4 Å². The van der Waals surface area contributed by atoms with Crippen molar-refractivity contribution < 1.29 is 9.53 Å². The lowest BCUT2D eigenvalue weighted by molar-refractivity contribution is 0.101. The maximum absolute atomic E-state index is 12.5. The number of nitriles is 1. The number of hydrogen-bond acceptors (Lipinski definition) is 4. The molecule has 3 N–H and O–H groups in total. The SMILES string of the molecule is COc1ccc(NC(=O)c2c(N)c(C#N)c3n2CCC3)cc1. The van der Waals surface area contributed by atoms with Gasteiger partial charge in [-0.15, -0.1) is 0 Å². The van der Waals surface area contributed by atoms with Gasteiger partial charge in [-0.25, -0.2) is 0 Å². The molecule has 0 bridgehead atoms. The maximum atomic E-state index is 12.5. The van der Waals surface area contributed by atoms with Crippen molar-refractivity contribution in [2.45, 2.75) is 19.4 Å². The zero-order valence-electron chi connectivity index (χ0n) is 12.2. The predicted molar refractivity (Wildman–Crippen MR) is 82.8 cm³/mol. The first kappa shape index (κ1) is 14.0. The molecule has 1 aliphatic rings. The molecule has 6 nitrogen and oxygen atoms in total. The molecule has 0 spiro atoms. The average molecular weight is 296 g/mol. The second-order valence-corrected chi connectivity index (χ2v) is 5.13. The molecule has 2 aromatic rings. The third-order valence-corrected chi connectivity index (χ3v) is 3.88. The van der Waals surface area contributed by atoms with E-state index in [9.17, 15) is 10.1 Å². The number of methoxy groups -OCH3 is 1. The maximum Gasteiger partial charge on any atom is 0.274 e. The van der Waals surface area contributed by atoms with Gasteiger partial charge in [0.2, 0.25) is 0 Å². The van der Waals surface area contributed by atoms with Gasteiger partial charge in [-0.3, -0.25) is 4.79 Å². The fourth-order valence-corrected chi connectivity index (χ4v) is 2.83. The summed E-state index contributed by atoms with van der Waals surface area (Å²) in [7, 11) is 1.58. The van der Waals surface area contributed by atoms with Crippen LogP contribution < -0.4 is 15.8 Å². The topological polar surface area (TPSA) is 93.1 Å². The standard InChI is InChI=1S/C16H16N4O2/c1-22-11-6-4-10(5-7-11)19-16(21)15-14(18)12(9-17)13-3-2-8-20(13)15/h4-7H,2-3,8,18H2,1H3,(H,19,21). The minimum absolute atomic E-state index is 0.267. The third kappa shape index (κ3) is 2.17. The largest absolute Gasteiger partial charge is 0.497 e. The van der Waals surface area contributed by atoms with Crippen LogP contribution in [0.2, 0.25) is 0 Å². The lowest BCUT2D eigenvalue weighted by Crippen LogP contribution is -2.18. The Morgan fingerprint density at radius 2 is 2.14 bits per heavy atom. The Labute approximate surface area is 128 Å². The normalized spacial score (nSPS) is 12.5. The number of fused-ring (bicyclic) bond motifs is 1. The summed E-state index contributed by atoms with van der Waals surface area (Å²) >= 11 is 0. The van der Waals surface area contributed by atoms with Crippen LogP contribution in [0, 0.1) is 11.3 Å². The molecular weight excluding hydrogens is 280 g/mol. The molecule has 1 aromatic carbocycles. The van der Waals surface area contributed by atoms with Crippen molar-refractivity contribution in [2.75, 3.05) is 18.2 Å². The molecule has 112 valence electrons. The van der Waals surface area contributed by atoms with E-state index in [1.165, 1.54) is 0 Å². The first-order valence-corrected chi connectivity index (χ1v) is 7.02. The summed E-state index contributed by atoms with van der Waals surface area (Å²) < 4.78 is 6.94. The zero-order chi connectivity index (χ0) is 15.7. The summed E-state index contributed by atoms with van der Waals surface area (Å²) in [6, 6.07) is 9.15. The number of anilines is 2. The monoisotopic (exact) mass is 296 g/mol. The highest BCUT2D eigenvalue weighted by molar-refractivity contribution is 6.07. The first-order chi connectivity index (χ1) is 10.7. The van der Waals surface area contributed by atoms with Crippen molar-refractivity contribution in [1.82, 2.24) is 4.57 Å². The van der Waals surface area contributed by atoms with Crippen LogP contribution in [0.15, 0.2) is 24.3 Å². The van der Waals surface area contributed by atoms with Gasteiger partial charge in [-0.2, -0.15) is 5.26 Å². The molecule has 3 rings (SSSR count). The summed E-state index contributed by atoms with van der Waals surface area (Å²) in [5, 5.41) is 12.0. The summed E-state index contributed by atoms with van der Waals surface area (Å²) in [4.78, 5) is 12.5. The minimum Gasteiger partial charge on any atom is -0.497 e. The van der Waals surface area contributed by atoms with E-state index in [0.717, 1.165) is 18.5 Å². The summed E-state index contributed by atoms with van der Waals surface area (Å²) in [5.74, 6) is 0.417. The molecule has 1 aliphatic heterocycles. The van der Waals surface area contributed by atoms with E-state index in [1.807, 2.05) is 4.57 Å². The molecule has 0 atom stereocenters. The Morgan fingerprint density at radius 3 is 2.77 bits per heavy atom. The molecule has 22 heavy (non-hydrogen) atoms. The van der Waals surface area contributed by atoms with Gasteiger partial charge in [0.25, 0.3) is 5.91 Å².